The summed E-state index contributed by atoms with van der Waals surface area (Å²) in [6.07, 6.45) is 3.15. The van der Waals surface area contributed by atoms with Crippen LogP contribution in [0.3, 0.4) is 0 Å². The Balaban J connectivity index is 1.68. The first-order valence-electron chi connectivity index (χ1n) is 8.32. The number of nitrogens with one attached hydrogen (secondary N) is 1. The number of thiazole rings is 1. The Morgan fingerprint density at radius 1 is 1.11 bits per heavy atom. The standard InChI is InChI=1S/C21H20N2O3S/c1-14-4-6-15(7-5-14)18-13-27-21(22-18)23-20(24)11-9-16-8-10-17(25-2)12-19(16)26-3/h4-13H,1-3H3,(H,22,23,24). The first-order valence-corrected chi connectivity index (χ1v) is 9.20. The molecule has 138 valence electrons. The molecule has 1 amide bonds. The molecule has 1 heterocycles. The second-order valence-electron chi connectivity index (χ2n) is 5.83. The Bertz CT molecular complexity index is 962. The maximum Gasteiger partial charge on any atom is 0.250 e. The molecular weight excluding hydrogens is 360 g/mol. The lowest BCUT2D eigenvalue weighted by atomic mass is 10.1. The maximum absolute atomic E-state index is 12.2. The predicted molar refractivity (Wildman–Crippen MR) is 109 cm³/mol. The number of anilines is 1. The molecule has 0 aliphatic heterocycles. The summed E-state index contributed by atoms with van der Waals surface area (Å²) in [6.45, 7) is 2.04. The largest absolute Gasteiger partial charge is 0.497 e. The van der Waals surface area contributed by atoms with Crippen molar-refractivity contribution in [3.05, 3.63) is 65.0 Å². The van der Waals surface area contributed by atoms with Gasteiger partial charge in [0.1, 0.15) is 11.5 Å². The second kappa shape index (κ2) is 8.51. The highest BCUT2D eigenvalue weighted by Gasteiger charge is 2.07. The lowest BCUT2D eigenvalue weighted by molar-refractivity contribution is -0.111. The number of carbonyl (C=O) groups is 1. The molecule has 1 N–H and O–H groups in total. The van der Waals surface area contributed by atoms with E-state index in [0.29, 0.717) is 16.6 Å². The summed E-state index contributed by atoms with van der Waals surface area (Å²) in [5.74, 6) is 1.08. The van der Waals surface area contributed by atoms with Crippen LogP contribution in [0.4, 0.5) is 5.13 Å². The van der Waals surface area contributed by atoms with E-state index in [0.717, 1.165) is 16.8 Å². The van der Waals surface area contributed by atoms with Crippen LogP contribution in [0.25, 0.3) is 17.3 Å². The van der Waals surface area contributed by atoms with Crippen LogP contribution in [0.1, 0.15) is 11.1 Å². The third kappa shape index (κ3) is 4.74. The molecule has 0 radical (unpaired) electrons. The number of methoxy groups -OCH3 is 2. The number of hydrogen-bond acceptors (Lipinski definition) is 5. The normalized spacial score (nSPS) is 10.8. The molecule has 1 aromatic heterocycles. The molecule has 2 aromatic carbocycles. The fourth-order valence-corrected chi connectivity index (χ4v) is 3.18. The van der Waals surface area contributed by atoms with Gasteiger partial charge in [-0.2, -0.15) is 0 Å². The van der Waals surface area contributed by atoms with Crippen LogP contribution in [0.15, 0.2) is 53.9 Å². The Labute approximate surface area is 162 Å². The van der Waals surface area contributed by atoms with Crippen molar-refractivity contribution < 1.29 is 14.3 Å². The Morgan fingerprint density at radius 2 is 1.89 bits per heavy atom. The van der Waals surface area contributed by atoms with Gasteiger partial charge in [0.15, 0.2) is 5.13 Å². The van der Waals surface area contributed by atoms with Crippen LogP contribution < -0.4 is 14.8 Å². The molecule has 27 heavy (non-hydrogen) atoms. The zero-order valence-corrected chi connectivity index (χ0v) is 16.2. The van der Waals surface area contributed by atoms with Crippen molar-refractivity contribution in [2.24, 2.45) is 0 Å². The van der Waals surface area contributed by atoms with E-state index in [4.69, 9.17) is 9.47 Å². The first-order chi connectivity index (χ1) is 13.1. The van der Waals surface area contributed by atoms with E-state index in [1.807, 2.05) is 48.7 Å². The van der Waals surface area contributed by atoms with E-state index >= 15 is 0 Å². The minimum absolute atomic E-state index is 0.252. The highest BCUT2D eigenvalue weighted by molar-refractivity contribution is 7.14. The smallest absolute Gasteiger partial charge is 0.250 e. The molecule has 0 aliphatic rings. The molecule has 0 saturated heterocycles. The number of ether oxygens (including phenoxy) is 2. The number of rotatable bonds is 6. The van der Waals surface area contributed by atoms with Crippen LogP contribution in [0.5, 0.6) is 11.5 Å². The topological polar surface area (TPSA) is 60.5 Å². The summed E-state index contributed by atoms with van der Waals surface area (Å²) < 4.78 is 10.5. The molecule has 3 rings (SSSR count). The highest BCUT2D eigenvalue weighted by atomic mass is 32.1. The molecule has 3 aromatic rings. The third-order valence-corrected chi connectivity index (χ3v) is 4.69. The van der Waals surface area contributed by atoms with E-state index in [-0.39, 0.29) is 5.91 Å². The van der Waals surface area contributed by atoms with Crippen LogP contribution >= 0.6 is 11.3 Å². The minimum Gasteiger partial charge on any atom is -0.497 e. The van der Waals surface area contributed by atoms with Crippen molar-refractivity contribution in [3.63, 3.8) is 0 Å². The summed E-state index contributed by atoms with van der Waals surface area (Å²) in [5, 5.41) is 5.27. The number of hydrogen-bond donors (Lipinski definition) is 1. The van der Waals surface area contributed by atoms with Crippen molar-refractivity contribution in [2.45, 2.75) is 6.92 Å². The molecule has 0 unspecified atom stereocenters. The monoisotopic (exact) mass is 380 g/mol. The van der Waals surface area contributed by atoms with E-state index in [1.165, 1.54) is 23.0 Å². The summed E-state index contributed by atoms with van der Waals surface area (Å²) in [5.41, 5.74) is 3.85. The quantitative estimate of drug-likeness (QED) is 0.625. The molecule has 0 atom stereocenters. The van der Waals surface area contributed by atoms with Crippen LogP contribution in [-0.4, -0.2) is 25.1 Å². The van der Waals surface area contributed by atoms with Gasteiger partial charge >= 0.3 is 0 Å². The number of amides is 1. The zero-order chi connectivity index (χ0) is 19.2. The van der Waals surface area contributed by atoms with Gasteiger partial charge in [-0.15, -0.1) is 11.3 Å². The summed E-state index contributed by atoms with van der Waals surface area (Å²) in [7, 11) is 3.17. The van der Waals surface area contributed by atoms with Crippen LogP contribution in [-0.2, 0) is 4.79 Å². The van der Waals surface area contributed by atoms with Crippen LogP contribution in [0, 0.1) is 6.92 Å². The number of aryl methyl sites for hydroxylation is 1. The minimum atomic E-state index is -0.252. The SMILES string of the molecule is COc1ccc(C=CC(=O)Nc2nc(-c3ccc(C)cc3)cs2)c(OC)c1. The second-order valence-corrected chi connectivity index (χ2v) is 6.69. The molecule has 0 fully saturated rings. The Morgan fingerprint density at radius 3 is 2.59 bits per heavy atom. The third-order valence-electron chi connectivity index (χ3n) is 3.94. The van der Waals surface area contributed by atoms with Gasteiger partial charge < -0.3 is 9.47 Å². The van der Waals surface area contributed by atoms with Crippen molar-refractivity contribution in [1.82, 2.24) is 4.98 Å². The van der Waals surface area contributed by atoms with Gasteiger partial charge in [-0.25, -0.2) is 4.98 Å². The molecule has 5 nitrogen and oxygen atoms in total. The lowest BCUT2D eigenvalue weighted by Gasteiger charge is -2.07. The van der Waals surface area contributed by atoms with Crippen molar-refractivity contribution in [1.29, 1.82) is 0 Å². The van der Waals surface area contributed by atoms with Gasteiger partial charge in [-0.3, -0.25) is 10.1 Å². The highest BCUT2D eigenvalue weighted by Crippen LogP contribution is 2.27. The van der Waals surface area contributed by atoms with Gasteiger partial charge in [-0.05, 0) is 25.1 Å². The molecular formula is C21H20N2O3S. The van der Waals surface area contributed by atoms with Gasteiger partial charge in [0.25, 0.3) is 0 Å². The molecule has 0 aliphatic carbocycles. The van der Waals surface area contributed by atoms with Gasteiger partial charge in [0.05, 0.1) is 19.9 Å². The van der Waals surface area contributed by atoms with Crippen molar-refractivity contribution in [2.75, 3.05) is 19.5 Å². The Hall–Kier alpha value is -3.12. The number of aromatic nitrogens is 1. The number of carbonyl (C=O) groups excluding carboxylic acids is 1. The summed E-state index contributed by atoms with van der Waals surface area (Å²) >= 11 is 1.39. The number of benzene rings is 2. The average molecular weight is 380 g/mol. The fourth-order valence-electron chi connectivity index (χ4n) is 2.46. The lowest BCUT2D eigenvalue weighted by Crippen LogP contribution is -2.07. The van der Waals surface area contributed by atoms with E-state index in [9.17, 15) is 4.79 Å². The zero-order valence-electron chi connectivity index (χ0n) is 15.4. The summed E-state index contributed by atoms with van der Waals surface area (Å²) in [6, 6.07) is 13.5. The summed E-state index contributed by atoms with van der Waals surface area (Å²) in [4.78, 5) is 16.7. The first kappa shape index (κ1) is 18.7. The molecule has 0 spiro atoms. The fraction of sp³-hybridized carbons (Fsp3) is 0.143. The van der Waals surface area contributed by atoms with E-state index in [1.54, 1.807) is 26.4 Å². The number of nitrogens with zero attached hydrogens (tertiary/aromatic N) is 1. The van der Waals surface area contributed by atoms with Gasteiger partial charge in [0.2, 0.25) is 5.91 Å². The average Bonchev–Trinajstić information content (AvgIpc) is 3.15. The molecule has 6 heteroatoms. The van der Waals surface area contributed by atoms with Crippen molar-refractivity contribution >= 4 is 28.5 Å². The van der Waals surface area contributed by atoms with E-state index < -0.39 is 0 Å². The van der Waals surface area contributed by atoms with Gasteiger partial charge in [-0.1, -0.05) is 29.8 Å². The molecule has 0 saturated carbocycles. The van der Waals surface area contributed by atoms with Gasteiger partial charge in [0, 0.05) is 28.6 Å². The Kier molecular flexibility index (Phi) is 5.88. The maximum atomic E-state index is 12.2. The van der Waals surface area contributed by atoms with Crippen LogP contribution in [0.2, 0.25) is 0 Å². The predicted octanol–water partition coefficient (Wildman–Crippen LogP) is 4.79. The van der Waals surface area contributed by atoms with E-state index in [2.05, 4.69) is 10.3 Å². The van der Waals surface area contributed by atoms with Crippen molar-refractivity contribution in [3.8, 4) is 22.8 Å². The molecule has 0 bridgehead atoms.